The van der Waals surface area contributed by atoms with Crippen LogP contribution < -0.4 is 16.0 Å². The van der Waals surface area contributed by atoms with Gasteiger partial charge >= 0.3 is 0 Å². The lowest BCUT2D eigenvalue weighted by Gasteiger charge is -2.10. The van der Waals surface area contributed by atoms with Crippen LogP contribution >= 0.6 is 0 Å². The third-order valence-corrected chi connectivity index (χ3v) is 3.41. The molecule has 116 valence electrons. The Morgan fingerprint density at radius 1 is 1.04 bits per heavy atom. The van der Waals surface area contributed by atoms with E-state index in [-0.39, 0.29) is 23.6 Å². The van der Waals surface area contributed by atoms with Crippen LogP contribution in [0.1, 0.15) is 5.56 Å². The average molecular weight is 310 g/mol. The summed E-state index contributed by atoms with van der Waals surface area (Å²) in [6, 6.07) is 17.0. The Morgan fingerprint density at radius 2 is 1.83 bits per heavy atom. The van der Waals surface area contributed by atoms with Gasteiger partial charge in [-0.15, -0.1) is 0 Å². The number of rotatable bonds is 4. The zero-order valence-electron chi connectivity index (χ0n) is 12.3. The second-order valence-corrected chi connectivity index (χ2v) is 5.03. The van der Waals surface area contributed by atoms with E-state index in [1.807, 2.05) is 30.3 Å². The highest BCUT2D eigenvalue weighted by atomic mass is 19.1. The van der Waals surface area contributed by atoms with Crippen molar-refractivity contribution in [3.63, 3.8) is 0 Å². The maximum atomic E-state index is 13.6. The van der Waals surface area contributed by atoms with Crippen molar-refractivity contribution in [1.82, 2.24) is 4.57 Å². The van der Waals surface area contributed by atoms with Gasteiger partial charge in [0.15, 0.2) is 5.75 Å². The normalized spacial score (nSPS) is 10.5. The molecule has 0 aliphatic rings. The number of nitrogens with two attached hydrogens (primary N) is 1. The molecule has 1 aromatic heterocycles. The van der Waals surface area contributed by atoms with Crippen LogP contribution in [0.5, 0.6) is 5.75 Å². The fraction of sp³-hybridized carbons (Fsp3) is 0.0556. The largest absolute Gasteiger partial charge is 0.483 e. The topological polar surface area (TPSA) is 57.2 Å². The minimum Gasteiger partial charge on any atom is -0.483 e. The molecule has 0 amide bonds. The maximum Gasteiger partial charge on any atom is 0.297 e. The third-order valence-electron chi connectivity index (χ3n) is 3.41. The lowest BCUT2D eigenvalue weighted by atomic mass is 10.2. The number of pyridine rings is 1. The summed E-state index contributed by atoms with van der Waals surface area (Å²) < 4.78 is 20.5. The molecule has 2 aromatic carbocycles. The minimum absolute atomic E-state index is 0.0401. The monoisotopic (exact) mass is 310 g/mol. The number of ether oxygens (including phenoxy) is 1. The highest BCUT2D eigenvalue weighted by molar-refractivity contribution is 5.47. The number of benzene rings is 2. The van der Waals surface area contributed by atoms with Crippen LogP contribution in [0, 0.1) is 5.82 Å². The van der Waals surface area contributed by atoms with Gasteiger partial charge in [-0.2, -0.15) is 0 Å². The Balaban J connectivity index is 1.89. The molecule has 1 heterocycles. The molecule has 0 fully saturated rings. The Hall–Kier alpha value is -3.08. The van der Waals surface area contributed by atoms with Crippen molar-refractivity contribution in [2.75, 3.05) is 5.73 Å². The summed E-state index contributed by atoms with van der Waals surface area (Å²) in [5.74, 6) is -0.362. The summed E-state index contributed by atoms with van der Waals surface area (Å²) >= 11 is 0. The summed E-state index contributed by atoms with van der Waals surface area (Å²) in [7, 11) is 0. The fourth-order valence-corrected chi connectivity index (χ4v) is 2.19. The van der Waals surface area contributed by atoms with Crippen LogP contribution in [0.3, 0.4) is 0 Å². The van der Waals surface area contributed by atoms with Gasteiger partial charge in [0.2, 0.25) is 0 Å². The van der Waals surface area contributed by atoms with Gasteiger partial charge in [0.1, 0.15) is 12.4 Å². The summed E-state index contributed by atoms with van der Waals surface area (Å²) in [5.41, 5.74) is 6.50. The van der Waals surface area contributed by atoms with Gasteiger partial charge in [-0.1, -0.05) is 30.3 Å². The van der Waals surface area contributed by atoms with Crippen LogP contribution in [0.4, 0.5) is 10.1 Å². The molecule has 0 bridgehead atoms. The van der Waals surface area contributed by atoms with Crippen molar-refractivity contribution in [3.8, 4) is 11.4 Å². The summed E-state index contributed by atoms with van der Waals surface area (Å²) in [4.78, 5) is 12.5. The molecule has 0 saturated heterocycles. The molecule has 4 nitrogen and oxygen atoms in total. The number of aromatic nitrogens is 1. The van der Waals surface area contributed by atoms with Crippen molar-refractivity contribution < 1.29 is 9.13 Å². The van der Waals surface area contributed by atoms with E-state index in [0.717, 1.165) is 5.56 Å². The number of anilines is 1. The molecule has 0 aliphatic heterocycles. The standard InChI is InChI=1S/C18H15FN2O2/c19-15-11-14(8-9-16(15)20)21-10-4-7-17(18(21)22)23-12-13-5-2-1-3-6-13/h1-11H,12,20H2. The maximum absolute atomic E-state index is 13.6. The second-order valence-electron chi connectivity index (χ2n) is 5.03. The van der Waals surface area contributed by atoms with Crippen molar-refractivity contribution in [3.05, 3.63) is 88.6 Å². The molecule has 0 radical (unpaired) electrons. The smallest absolute Gasteiger partial charge is 0.297 e. The first-order chi connectivity index (χ1) is 11.1. The molecule has 2 N–H and O–H groups in total. The number of hydrogen-bond donors (Lipinski definition) is 1. The third kappa shape index (κ3) is 3.23. The Kier molecular flexibility index (Phi) is 4.10. The van der Waals surface area contributed by atoms with E-state index >= 15 is 0 Å². The number of hydrogen-bond acceptors (Lipinski definition) is 3. The molecule has 3 aromatic rings. The molecular weight excluding hydrogens is 295 g/mol. The zero-order chi connectivity index (χ0) is 16.2. The van der Waals surface area contributed by atoms with Crippen molar-refractivity contribution >= 4 is 5.69 Å². The summed E-state index contributed by atoms with van der Waals surface area (Å²) in [5, 5.41) is 0. The van der Waals surface area contributed by atoms with Crippen LogP contribution in [0.2, 0.25) is 0 Å². The first-order valence-corrected chi connectivity index (χ1v) is 7.09. The lowest BCUT2D eigenvalue weighted by Crippen LogP contribution is -2.19. The molecule has 0 saturated carbocycles. The van der Waals surface area contributed by atoms with Crippen LogP contribution in [-0.2, 0) is 6.61 Å². The number of nitrogens with zero attached hydrogens (tertiary/aromatic N) is 1. The fourth-order valence-electron chi connectivity index (χ4n) is 2.19. The van der Waals surface area contributed by atoms with E-state index in [4.69, 9.17) is 10.5 Å². The van der Waals surface area contributed by atoms with Crippen molar-refractivity contribution in [2.24, 2.45) is 0 Å². The van der Waals surface area contributed by atoms with E-state index < -0.39 is 5.82 Å². The molecule has 5 heteroatoms. The molecule has 23 heavy (non-hydrogen) atoms. The van der Waals surface area contributed by atoms with E-state index in [9.17, 15) is 9.18 Å². The SMILES string of the molecule is Nc1ccc(-n2cccc(OCc3ccccc3)c2=O)cc1F. The quantitative estimate of drug-likeness (QED) is 0.753. The molecule has 0 unspecified atom stereocenters. The molecule has 0 aliphatic carbocycles. The van der Waals surface area contributed by atoms with Gasteiger partial charge in [-0.05, 0) is 29.8 Å². The van der Waals surface area contributed by atoms with Crippen LogP contribution in [0.25, 0.3) is 5.69 Å². The van der Waals surface area contributed by atoms with Crippen molar-refractivity contribution in [1.29, 1.82) is 0 Å². The number of nitrogen functional groups attached to an aromatic ring is 1. The van der Waals surface area contributed by atoms with Gasteiger partial charge < -0.3 is 10.5 Å². The van der Waals surface area contributed by atoms with Gasteiger partial charge in [0, 0.05) is 12.3 Å². The first-order valence-electron chi connectivity index (χ1n) is 7.09. The predicted octanol–water partition coefficient (Wildman–Crippen LogP) is 3.14. The number of halogens is 1. The van der Waals surface area contributed by atoms with E-state index in [2.05, 4.69) is 0 Å². The Morgan fingerprint density at radius 3 is 2.57 bits per heavy atom. The Bertz CT molecular complexity index is 876. The van der Waals surface area contributed by atoms with Crippen molar-refractivity contribution in [2.45, 2.75) is 6.61 Å². The van der Waals surface area contributed by atoms with Gasteiger partial charge in [-0.25, -0.2) is 4.39 Å². The molecule has 3 rings (SSSR count). The molecule has 0 atom stereocenters. The first kappa shape index (κ1) is 14.8. The second kappa shape index (κ2) is 6.36. The lowest BCUT2D eigenvalue weighted by molar-refractivity contribution is 0.300. The van der Waals surface area contributed by atoms with Gasteiger partial charge in [0.25, 0.3) is 5.56 Å². The summed E-state index contributed by atoms with van der Waals surface area (Å²) in [6.45, 7) is 0.288. The average Bonchev–Trinajstić information content (AvgIpc) is 2.57. The van der Waals surface area contributed by atoms with Crippen LogP contribution in [-0.4, -0.2) is 4.57 Å². The molecular formula is C18H15FN2O2. The highest BCUT2D eigenvalue weighted by Crippen LogP contribution is 2.15. The highest BCUT2D eigenvalue weighted by Gasteiger charge is 2.08. The van der Waals surface area contributed by atoms with E-state index in [1.54, 1.807) is 24.4 Å². The molecule has 0 spiro atoms. The van der Waals surface area contributed by atoms with E-state index in [0.29, 0.717) is 5.69 Å². The van der Waals surface area contributed by atoms with E-state index in [1.165, 1.54) is 16.7 Å². The Labute approximate surface area is 132 Å². The minimum atomic E-state index is -0.565. The predicted molar refractivity (Wildman–Crippen MR) is 87.2 cm³/mol. The zero-order valence-corrected chi connectivity index (χ0v) is 12.3. The van der Waals surface area contributed by atoms with Gasteiger partial charge in [0.05, 0.1) is 11.4 Å². The van der Waals surface area contributed by atoms with Gasteiger partial charge in [-0.3, -0.25) is 9.36 Å². The van der Waals surface area contributed by atoms with Crippen LogP contribution in [0.15, 0.2) is 71.7 Å². The summed E-state index contributed by atoms with van der Waals surface area (Å²) in [6.07, 6.45) is 1.56.